The Morgan fingerprint density at radius 2 is 2.00 bits per heavy atom. The van der Waals surface area contributed by atoms with E-state index in [1.54, 1.807) is 6.07 Å². The van der Waals surface area contributed by atoms with Crippen LogP contribution >= 0.6 is 39.1 Å². The van der Waals surface area contributed by atoms with Crippen LogP contribution in [0.5, 0.6) is 0 Å². The number of rotatable bonds is 2. The molecule has 0 saturated heterocycles. The van der Waals surface area contributed by atoms with Crippen LogP contribution in [0.1, 0.15) is 10.5 Å². The first kappa shape index (κ1) is 14.2. The highest BCUT2D eigenvalue weighted by Gasteiger charge is 2.15. The minimum absolute atomic E-state index is 0.0334. The van der Waals surface area contributed by atoms with Crippen molar-refractivity contribution in [2.24, 2.45) is 0 Å². The molecule has 0 radical (unpaired) electrons. The number of nitrogens with one attached hydrogen (secondary N) is 1. The Hall–Kier alpha value is -1.17. The van der Waals surface area contributed by atoms with E-state index in [9.17, 15) is 9.18 Å². The summed E-state index contributed by atoms with van der Waals surface area (Å²) in [6.07, 6.45) is 0. The number of pyridine rings is 1. The molecule has 0 bridgehead atoms. The van der Waals surface area contributed by atoms with Crippen molar-refractivity contribution in [3.8, 4) is 0 Å². The fourth-order valence-electron chi connectivity index (χ4n) is 1.35. The molecule has 1 heterocycles. The zero-order valence-electron chi connectivity index (χ0n) is 9.25. The van der Waals surface area contributed by atoms with Gasteiger partial charge in [-0.1, -0.05) is 39.1 Å². The normalized spacial score (nSPS) is 10.3. The van der Waals surface area contributed by atoms with Crippen LogP contribution in [0.4, 0.5) is 10.1 Å². The monoisotopic (exact) mass is 362 g/mol. The molecule has 7 heteroatoms. The maximum atomic E-state index is 13.6. The maximum absolute atomic E-state index is 13.6. The molecule has 0 atom stereocenters. The van der Waals surface area contributed by atoms with Gasteiger partial charge in [-0.05, 0) is 30.3 Å². The Bertz CT molecular complexity index is 652. The molecule has 2 rings (SSSR count). The number of hydrogen-bond acceptors (Lipinski definition) is 2. The third kappa shape index (κ3) is 3.43. The van der Waals surface area contributed by atoms with Crippen molar-refractivity contribution in [2.45, 2.75) is 0 Å². The van der Waals surface area contributed by atoms with Gasteiger partial charge in [-0.25, -0.2) is 9.37 Å². The molecule has 0 spiro atoms. The zero-order chi connectivity index (χ0) is 14.0. The highest BCUT2D eigenvalue weighted by molar-refractivity contribution is 9.10. The number of carbonyl (C=O) groups is 1. The summed E-state index contributed by atoms with van der Waals surface area (Å²) in [6, 6.07) is 7.18. The van der Waals surface area contributed by atoms with Crippen molar-refractivity contribution in [2.75, 3.05) is 5.32 Å². The van der Waals surface area contributed by atoms with Crippen LogP contribution in [-0.4, -0.2) is 10.9 Å². The average molecular weight is 364 g/mol. The van der Waals surface area contributed by atoms with E-state index in [1.165, 1.54) is 24.3 Å². The van der Waals surface area contributed by atoms with Crippen LogP contribution in [0.25, 0.3) is 0 Å². The summed E-state index contributed by atoms with van der Waals surface area (Å²) in [5, 5.41) is 2.65. The van der Waals surface area contributed by atoms with Crippen molar-refractivity contribution in [1.29, 1.82) is 0 Å². The zero-order valence-corrected chi connectivity index (χ0v) is 12.4. The van der Waals surface area contributed by atoms with E-state index in [4.69, 9.17) is 23.2 Å². The molecule has 0 aliphatic carbocycles. The lowest BCUT2D eigenvalue weighted by atomic mass is 10.3. The first-order chi connectivity index (χ1) is 8.97. The van der Waals surface area contributed by atoms with Gasteiger partial charge in [-0.15, -0.1) is 0 Å². The van der Waals surface area contributed by atoms with Crippen molar-refractivity contribution in [3.05, 3.63) is 56.5 Å². The lowest BCUT2D eigenvalue weighted by Crippen LogP contribution is -2.15. The van der Waals surface area contributed by atoms with Crippen LogP contribution < -0.4 is 5.32 Å². The predicted octanol–water partition coefficient (Wildman–Crippen LogP) is 4.54. The van der Waals surface area contributed by atoms with Crippen molar-refractivity contribution in [1.82, 2.24) is 4.98 Å². The summed E-state index contributed by atoms with van der Waals surface area (Å²) >= 11 is 14.6. The number of halogens is 4. The molecule has 0 unspecified atom stereocenters. The molecule has 1 amide bonds. The van der Waals surface area contributed by atoms with Gasteiger partial charge in [0, 0.05) is 4.47 Å². The Morgan fingerprint density at radius 1 is 1.26 bits per heavy atom. The van der Waals surface area contributed by atoms with Crippen LogP contribution in [0.2, 0.25) is 10.2 Å². The molecule has 0 fully saturated rings. The van der Waals surface area contributed by atoms with Crippen LogP contribution in [0.15, 0.2) is 34.8 Å². The molecule has 3 nitrogen and oxygen atoms in total. The standard InChI is InChI=1S/C12H6BrCl2FN2O/c13-6-1-3-9(8(16)5-6)17-12(19)11-7(14)2-4-10(15)18-11/h1-5H,(H,17,19). The van der Waals surface area contributed by atoms with Gasteiger partial charge in [-0.2, -0.15) is 0 Å². The minimum atomic E-state index is -0.631. The molecule has 2 aromatic rings. The summed E-state index contributed by atoms with van der Waals surface area (Å²) in [4.78, 5) is 15.7. The molecule has 1 aromatic heterocycles. The lowest BCUT2D eigenvalue weighted by Gasteiger charge is -2.07. The van der Waals surface area contributed by atoms with Gasteiger partial charge < -0.3 is 5.32 Å². The molecule has 0 saturated carbocycles. The van der Waals surface area contributed by atoms with Gasteiger partial charge >= 0.3 is 0 Å². The molecule has 1 N–H and O–H groups in total. The Kier molecular flexibility index (Phi) is 4.39. The average Bonchev–Trinajstić information content (AvgIpc) is 2.35. The number of hydrogen-bond donors (Lipinski definition) is 1. The first-order valence-electron chi connectivity index (χ1n) is 5.06. The van der Waals surface area contributed by atoms with Crippen LogP contribution in [-0.2, 0) is 0 Å². The minimum Gasteiger partial charge on any atom is -0.318 e. The van der Waals surface area contributed by atoms with E-state index in [0.717, 1.165) is 0 Å². The van der Waals surface area contributed by atoms with Crippen molar-refractivity contribution in [3.63, 3.8) is 0 Å². The number of nitrogens with zero attached hydrogens (tertiary/aromatic N) is 1. The molecule has 1 aromatic carbocycles. The van der Waals surface area contributed by atoms with Crippen molar-refractivity contribution >= 4 is 50.7 Å². The highest BCUT2D eigenvalue weighted by atomic mass is 79.9. The molecule has 0 aliphatic heterocycles. The molecule has 0 aliphatic rings. The fraction of sp³-hybridized carbons (Fsp3) is 0. The molecule has 19 heavy (non-hydrogen) atoms. The second-order valence-electron chi connectivity index (χ2n) is 3.54. The van der Waals surface area contributed by atoms with E-state index in [1.807, 2.05) is 0 Å². The number of benzene rings is 1. The predicted molar refractivity (Wildman–Crippen MR) is 76.3 cm³/mol. The lowest BCUT2D eigenvalue weighted by molar-refractivity contribution is 0.102. The SMILES string of the molecule is O=C(Nc1ccc(Br)cc1F)c1nc(Cl)ccc1Cl. The van der Waals surface area contributed by atoms with E-state index < -0.39 is 11.7 Å². The first-order valence-corrected chi connectivity index (χ1v) is 6.60. The number of anilines is 1. The van der Waals surface area contributed by atoms with Crippen LogP contribution in [0, 0.1) is 5.82 Å². The Labute approximate surface area is 126 Å². The quantitative estimate of drug-likeness (QED) is 0.795. The molecule has 98 valence electrons. The summed E-state index contributed by atoms with van der Waals surface area (Å²) < 4.78 is 14.2. The third-order valence-electron chi connectivity index (χ3n) is 2.21. The van der Waals surface area contributed by atoms with Gasteiger partial charge in [-0.3, -0.25) is 4.79 Å². The summed E-state index contributed by atoms with van der Waals surface area (Å²) in [5.74, 6) is -1.20. The smallest absolute Gasteiger partial charge is 0.275 e. The summed E-state index contributed by atoms with van der Waals surface area (Å²) in [6.45, 7) is 0. The van der Waals surface area contributed by atoms with E-state index >= 15 is 0 Å². The fourth-order valence-corrected chi connectivity index (χ4v) is 2.02. The largest absolute Gasteiger partial charge is 0.318 e. The van der Waals surface area contributed by atoms with Gasteiger partial charge in [0.1, 0.15) is 16.7 Å². The number of amides is 1. The van der Waals surface area contributed by atoms with Crippen LogP contribution in [0.3, 0.4) is 0 Å². The Balaban J connectivity index is 2.28. The van der Waals surface area contributed by atoms with Crippen molar-refractivity contribution < 1.29 is 9.18 Å². The van der Waals surface area contributed by atoms with Gasteiger partial charge in [0.2, 0.25) is 0 Å². The second kappa shape index (κ2) is 5.86. The van der Waals surface area contributed by atoms with E-state index in [2.05, 4.69) is 26.2 Å². The van der Waals surface area contributed by atoms with Gasteiger partial charge in [0.25, 0.3) is 5.91 Å². The van der Waals surface area contributed by atoms with E-state index in [0.29, 0.717) is 4.47 Å². The third-order valence-corrected chi connectivity index (χ3v) is 3.22. The Morgan fingerprint density at radius 3 is 2.68 bits per heavy atom. The highest BCUT2D eigenvalue weighted by Crippen LogP contribution is 2.22. The number of carbonyl (C=O) groups excluding carboxylic acids is 1. The summed E-state index contributed by atoms with van der Waals surface area (Å²) in [5.41, 5.74) is -0.0254. The topological polar surface area (TPSA) is 42.0 Å². The molecular weight excluding hydrogens is 358 g/mol. The number of aromatic nitrogens is 1. The second-order valence-corrected chi connectivity index (χ2v) is 5.25. The maximum Gasteiger partial charge on any atom is 0.275 e. The van der Waals surface area contributed by atoms with E-state index in [-0.39, 0.29) is 21.6 Å². The summed E-state index contributed by atoms with van der Waals surface area (Å²) in [7, 11) is 0. The molecular formula is C12H6BrCl2FN2O. The van der Waals surface area contributed by atoms with Gasteiger partial charge in [0.15, 0.2) is 0 Å². The van der Waals surface area contributed by atoms with Gasteiger partial charge in [0.05, 0.1) is 10.7 Å².